The van der Waals surface area contributed by atoms with Crippen LogP contribution in [0.1, 0.15) is 58.1 Å². The van der Waals surface area contributed by atoms with E-state index in [1.807, 2.05) is 32.0 Å². The smallest absolute Gasteiger partial charge is 0.337 e. The van der Waals surface area contributed by atoms with Crippen molar-refractivity contribution >= 4 is 12.0 Å². The molecule has 2 N–H and O–H groups in total. The molecule has 0 aliphatic carbocycles. The molecular weight excluding hydrogens is 360 g/mol. The van der Waals surface area contributed by atoms with Gasteiger partial charge in [-0.25, -0.2) is 9.59 Å². The van der Waals surface area contributed by atoms with Crippen molar-refractivity contribution in [3.05, 3.63) is 35.0 Å². The fourth-order valence-corrected chi connectivity index (χ4v) is 3.08. The number of carbonyl (C=O) groups is 2. The molecule has 0 bridgehead atoms. The number of allylic oxidation sites excluding steroid dienone is 1. The summed E-state index contributed by atoms with van der Waals surface area (Å²) in [6.45, 7) is 7.07. The minimum Gasteiger partial charge on any atom is -0.490 e. The molecule has 0 aromatic heterocycles. The van der Waals surface area contributed by atoms with Gasteiger partial charge in [-0.15, -0.1) is 0 Å². The molecule has 0 radical (unpaired) electrons. The zero-order valence-corrected chi connectivity index (χ0v) is 17.1. The summed E-state index contributed by atoms with van der Waals surface area (Å²) in [5.41, 5.74) is 1.73. The lowest BCUT2D eigenvalue weighted by atomic mass is 9.93. The number of carbonyl (C=O) groups excluding carboxylic acids is 2. The predicted octanol–water partition coefficient (Wildman–Crippen LogP) is 3.85. The van der Waals surface area contributed by atoms with Gasteiger partial charge in [-0.3, -0.25) is 0 Å². The number of nitrogens with one attached hydrogen (secondary N) is 2. The van der Waals surface area contributed by atoms with E-state index in [-0.39, 0.29) is 6.03 Å². The molecule has 1 aliphatic heterocycles. The van der Waals surface area contributed by atoms with Crippen molar-refractivity contribution in [3.63, 3.8) is 0 Å². The third-order valence-electron chi connectivity index (χ3n) is 4.42. The van der Waals surface area contributed by atoms with Crippen molar-refractivity contribution < 1.29 is 23.8 Å². The molecule has 0 spiro atoms. The quantitative estimate of drug-likeness (QED) is 0.468. The topological polar surface area (TPSA) is 85.9 Å². The molecule has 1 atom stereocenters. The monoisotopic (exact) mass is 390 g/mol. The number of hydrogen-bond donors (Lipinski definition) is 2. The summed E-state index contributed by atoms with van der Waals surface area (Å²) in [4.78, 5) is 24.6. The van der Waals surface area contributed by atoms with Gasteiger partial charge in [0, 0.05) is 5.70 Å². The van der Waals surface area contributed by atoms with Gasteiger partial charge in [0.25, 0.3) is 0 Å². The first kappa shape index (κ1) is 21.6. The highest BCUT2D eigenvalue weighted by Crippen LogP contribution is 2.35. The van der Waals surface area contributed by atoms with Crippen LogP contribution >= 0.6 is 0 Å². The van der Waals surface area contributed by atoms with E-state index in [2.05, 4.69) is 17.6 Å². The van der Waals surface area contributed by atoms with Crippen molar-refractivity contribution in [1.82, 2.24) is 10.6 Å². The number of benzene rings is 1. The number of ether oxygens (including phenoxy) is 3. The second kappa shape index (κ2) is 10.6. The van der Waals surface area contributed by atoms with Crippen LogP contribution in [-0.2, 0) is 9.53 Å². The molecule has 0 fully saturated rings. The van der Waals surface area contributed by atoms with Crippen molar-refractivity contribution in [2.75, 3.05) is 20.3 Å². The number of unbranched alkanes of at least 4 members (excludes halogenated alkanes) is 1. The van der Waals surface area contributed by atoms with Gasteiger partial charge in [-0.2, -0.15) is 0 Å². The summed E-state index contributed by atoms with van der Waals surface area (Å²) in [7, 11) is 1.34. The van der Waals surface area contributed by atoms with Crippen LogP contribution in [0.4, 0.5) is 4.79 Å². The standard InChI is InChI=1S/C21H30N2O5/c1-5-8-12-28-16-11-10-14(13-17(16)27-7-3)19-18(20(24)26-4)15(9-6-2)22-21(25)23-19/h10-11,13,19H,5-9,12H2,1-4H3,(H2,22,23,25). The lowest BCUT2D eigenvalue weighted by molar-refractivity contribution is -0.136. The van der Waals surface area contributed by atoms with Crippen LogP contribution in [-0.4, -0.2) is 32.3 Å². The molecule has 154 valence electrons. The molecule has 1 unspecified atom stereocenters. The summed E-state index contributed by atoms with van der Waals surface area (Å²) in [6, 6.07) is 4.51. The predicted molar refractivity (Wildman–Crippen MR) is 106 cm³/mol. The molecule has 1 heterocycles. The van der Waals surface area contributed by atoms with E-state index in [4.69, 9.17) is 14.2 Å². The number of hydrogen-bond acceptors (Lipinski definition) is 5. The zero-order chi connectivity index (χ0) is 20.5. The van der Waals surface area contributed by atoms with Crippen molar-refractivity contribution in [3.8, 4) is 11.5 Å². The van der Waals surface area contributed by atoms with E-state index in [1.54, 1.807) is 0 Å². The fraction of sp³-hybridized carbons (Fsp3) is 0.524. The van der Waals surface area contributed by atoms with Crippen LogP contribution in [0.5, 0.6) is 11.5 Å². The summed E-state index contributed by atoms with van der Waals surface area (Å²) < 4.78 is 16.5. The van der Waals surface area contributed by atoms with Crippen LogP contribution in [0.25, 0.3) is 0 Å². The summed E-state index contributed by atoms with van der Waals surface area (Å²) in [5, 5.41) is 5.56. The van der Waals surface area contributed by atoms with Crippen LogP contribution in [0.15, 0.2) is 29.5 Å². The van der Waals surface area contributed by atoms with Gasteiger partial charge >= 0.3 is 12.0 Å². The maximum atomic E-state index is 12.5. The Kier molecular flexibility index (Phi) is 8.17. The highest BCUT2D eigenvalue weighted by Gasteiger charge is 2.33. The number of urea groups is 1. The van der Waals surface area contributed by atoms with E-state index in [9.17, 15) is 9.59 Å². The lowest BCUT2D eigenvalue weighted by Crippen LogP contribution is -2.45. The van der Waals surface area contributed by atoms with Crippen LogP contribution in [0.3, 0.4) is 0 Å². The molecule has 28 heavy (non-hydrogen) atoms. The van der Waals surface area contributed by atoms with Gasteiger partial charge in [-0.05, 0) is 37.5 Å². The highest BCUT2D eigenvalue weighted by molar-refractivity contribution is 5.95. The van der Waals surface area contributed by atoms with Gasteiger partial charge in [0.05, 0.1) is 31.9 Å². The first-order chi connectivity index (χ1) is 13.5. The lowest BCUT2D eigenvalue weighted by Gasteiger charge is -2.29. The molecule has 1 aromatic carbocycles. The number of amides is 2. The fourth-order valence-electron chi connectivity index (χ4n) is 3.08. The van der Waals surface area contributed by atoms with Crippen LogP contribution < -0.4 is 20.1 Å². The third-order valence-corrected chi connectivity index (χ3v) is 4.42. The molecule has 2 rings (SSSR count). The molecule has 7 nitrogen and oxygen atoms in total. The summed E-state index contributed by atoms with van der Waals surface area (Å²) in [5.74, 6) is 0.768. The number of rotatable bonds is 10. The highest BCUT2D eigenvalue weighted by atomic mass is 16.5. The first-order valence-electron chi connectivity index (χ1n) is 9.84. The maximum Gasteiger partial charge on any atom is 0.337 e. The Morgan fingerprint density at radius 3 is 2.54 bits per heavy atom. The van der Waals surface area contributed by atoms with E-state index in [0.717, 1.165) is 24.8 Å². The largest absolute Gasteiger partial charge is 0.490 e. The van der Waals surface area contributed by atoms with Gasteiger partial charge in [-0.1, -0.05) is 32.8 Å². The van der Waals surface area contributed by atoms with E-state index in [1.165, 1.54) is 7.11 Å². The van der Waals surface area contributed by atoms with Crippen LogP contribution in [0, 0.1) is 0 Å². The Bertz CT molecular complexity index is 730. The molecule has 0 saturated heterocycles. The summed E-state index contributed by atoms with van der Waals surface area (Å²) >= 11 is 0. The minimum absolute atomic E-state index is 0.345. The Morgan fingerprint density at radius 2 is 1.89 bits per heavy atom. The average molecular weight is 390 g/mol. The minimum atomic E-state index is -0.619. The van der Waals surface area contributed by atoms with Crippen molar-refractivity contribution in [2.24, 2.45) is 0 Å². The van der Waals surface area contributed by atoms with Gasteiger partial charge < -0.3 is 24.8 Å². The second-order valence-electron chi connectivity index (χ2n) is 6.51. The molecule has 7 heteroatoms. The Labute approximate surface area is 166 Å². The second-order valence-corrected chi connectivity index (χ2v) is 6.51. The Morgan fingerprint density at radius 1 is 1.11 bits per heavy atom. The maximum absolute atomic E-state index is 12.5. The molecule has 1 aliphatic rings. The Hall–Kier alpha value is -2.70. The first-order valence-corrected chi connectivity index (χ1v) is 9.84. The Balaban J connectivity index is 2.44. The molecule has 1 aromatic rings. The summed E-state index contributed by atoms with van der Waals surface area (Å²) in [6.07, 6.45) is 3.35. The third kappa shape index (κ3) is 5.18. The van der Waals surface area contributed by atoms with Gasteiger partial charge in [0.15, 0.2) is 11.5 Å². The van der Waals surface area contributed by atoms with Gasteiger partial charge in [0.1, 0.15) is 0 Å². The zero-order valence-electron chi connectivity index (χ0n) is 17.1. The molecule has 2 amide bonds. The SMILES string of the molecule is CCCCOc1ccc(C2NC(=O)NC(CCC)=C2C(=O)OC)cc1OCC. The average Bonchev–Trinajstić information content (AvgIpc) is 2.68. The molecule has 0 saturated carbocycles. The number of esters is 1. The number of methoxy groups -OCH3 is 1. The van der Waals surface area contributed by atoms with Crippen molar-refractivity contribution in [1.29, 1.82) is 0 Å². The van der Waals surface area contributed by atoms with E-state index < -0.39 is 12.0 Å². The van der Waals surface area contributed by atoms with E-state index >= 15 is 0 Å². The van der Waals surface area contributed by atoms with Crippen LogP contribution in [0.2, 0.25) is 0 Å². The van der Waals surface area contributed by atoms with Crippen molar-refractivity contribution in [2.45, 2.75) is 52.5 Å². The van der Waals surface area contributed by atoms with E-state index in [0.29, 0.717) is 42.4 Å². The van der Waals surface area contributed by atoms with Gasteiger partial charge in [0.2, 0.25) is 0 Å². The molecular formula is C21H30N2O5. The normalized spacial score (nSPS) is 16.3.